The lowest BCUT2D eigenvalue weighted by atomic mass is 9.61. The van der Waals surface area contributed by atoms with E-state index >= 15 is 0 Å². The molecule has 0 bridgehead atoms. The number of allylic oxidation sites excluding steroid dienone is 2. The highest BCUT2D eigenvalue weighted by atomic mass is 28.5. The third-order valence-corrected chi connectivity index (χ3v) is 13.3. The molecule has 7 heteroatoms. The van der Waals surface area contributed by atoms with Crippen molar-refractivity contribution in [2.75, 3.05) is 0 Å². The van der Waals surface area contributed by atoms with Gasteiger partial charge in [-0.05, 0) is 48.9 Å². The summed E-state index contributed by atoms with van der Waals surface area (Å²) in [4.78, 5) is 0. The molecule has 2 unspecified atom stereocenters. The van der Waals surface area contributed by atoms with Crippen molar-refractivity contribution < 1.29 is 12.3 Å². The molecule has 1 rings (SSSR count). The lowest BCUT2D eigenvalue weighted by Gasteiger charge is -2.46. The minimum Gasteiger partial charge on any atom is -0.425 e. The van der Waals surface area contributed by atoms with E-state index in [1.54, 1.807) is 0 Å². The maximum Gasteiger partial charge on any atom is 0.451 e. The van der Waals surface area contributed by atoms with Crippen LogP contribution in [0.3, 0.4) is 0 Å². The summed E-state index contributed by atoms with van der Waals surface area (Å²) in [5, 5.41) is 0. The van der Waals surface area contributed by atoms with Crippen molar-refractivity contribution in [3.05, 3.63) is 12.2 Å². The first kappa shape index (κ1) is 20.5. The first-order chi connectivity index (χ1) is 9.98. The molecule has 1 aliphatic rings. The van der Waals surface area contributed by atoms with E-state index in [0.717, 1.165) is 0 Å². The topological polar surface area (TPSA) is 27.7 Å². The van der Waals surface area contributed by atoms with E-state index in [1.807, 2.05) is 0 Å². The Morgan fingerprint density at radius 1 is 1.18 bits per heavy atom. The smallest absolute Gasteiger partial charge is 0.425 e. The van der Waals surface area contributed by atoms with E-state index in [1.165, 1.54) is 12.5 Å². The van der Waals surface area contributed by atoms with Crippen molar-refractivity contribution in [1.29, 1.82) is 0 Å². The first-order valence-corrected chi connectivity index (χ1v) is 17.0. The van der Waals surface area contributed by atoms with Gasteiger partial charge in [-0.15, -0.1) is 0 Å². The van der Waals surface area contributed by atoms with Gasteiger partial charge in [-0.1, -0.05) is 46.4 Å². The van der Waals surface area contributed by atoms with Gasteiger partial charge in [0, 0.05) is 0 Å². The van der Waals surface area contributed by atoms with Gasteiger partial charge >= 0.3 is 9.53 Å². The quantitative estimate of drug-likeness (QED) is 0.481. The number of rotatable bonds is 8. The third kappa shape index (κ3) is 6.54. The molecule has 0 saturated carbocycles. The molecule has 22 heavy (non-hydrogen) atoms. The maximum atomic E-state index is 6.23. The van der Waals surface area contributed by atoms with Crippen LogP contribution in [0.2, 0.25) is 32.2 Å². The van der Waals surface area contributed by atoms with E-state index in [4.69, 9.17) is 12.3 Å². The molecule has 0 spiro atoms. The molecular weight excluding hydrogens is 341 g/mol. The predicted molar refractivity (Wildman–Crippen MR) is 106 cm³/mol. The van der Waals surface area contributed by atoms with Crippen molar-refractivity contribution in [1.82, 2.24) is 0 Å². The van der Waals surface area contributed by atoms with Crippen LogP contribution in [-0.4, -0.2) is 37.4 Å². The Bertz CT molecular complexity index is 377. The molecule has 0 N–H and O–H groups in total. The molecule has 0 aromatic heterocycles. The summed E-state index contributed by atoms with van der Waals surface area (Å²) in [6.07, 6.45) is 5.94. The van der Waals surface area contributed by atoms with Gasteiger partial charge in [0.1, 0.15) is 9.76 Å². The summed E-state index contributed by atoms with van der Waals surface area (Å²) in [5.41, 5.74) is 0.640. The summed E-state index contributed by atoms with van der Waals surface area (Å²) >= 11 is 0. The summed E-state index contributed by atoms with van der Waals surface area (Å²) in [7, 11) is -4.45. The number of hydrogen-bond acceptors (Lipinski definition) is 3. The molecular formula is C15H36O3Si4. The van der Waals surface area contributed by atoms with Crippen molar-refractivity contribution in [3.63, 3.8) is 0 Å². The third-order valence-electron chi connectivity index (χ3n) is 4.45. The SMILES string of the molecule is C[SiH2]O[SiH](O[SiH2]CC1C(C)(C)C=CCC1(C)C)O[Si](C)(C)C. The van der Waals surface area contributed by atoms with Gasteiger partial charge in [0.2, 0.25) is 0 Å². The normalized spacial score (nSPS) is 26.3. The van der Waals surface area contributed by atoms with Gasteiger partial charge in [-0.2, -0.15) is 0 Å². The average molecular weight is 377 g/mol. The fraction of sp³-hybridized carbons (Fsp3) is 0.867. The van der Waals surface area contributed by atoms with E-state index in [-0.39, 0.29) is 5.41 Å². The summed E-state index contributed by atoms with van der Waals surface area (Å²) < 4.78 is 18.3. The molecule has 0 aliphatic heterocycles. The second-order valence-electron chi connectivity index (χ2n) is 8.60. The second-order valence-corrected chi connectivity index (χ2v) is 18.6. The molecule has 0 aromatic rings. The van der Waals surface area contributed by atoms with Gasteiger partial charge in [-0.3, -0.25) is 0 Å². The molecule has 0 amide bonds. The maximum absolute atomic E-state index is 6.23. The zero-order valence-electron chi connectivity index (χ0n) is 15.9. The largest absolute Gasteiger partial charge is 0.451 e. The Morgan fingerprint density at radius 3 is 2.32 bits per heavy atom. The molecule has 0 aromatic carbocycles. The van der Waals surface area contributed by atoms with Gasteiger partial charge in [0.05, 0.1) is 0 Å². The van der Waals surface area contributed by atoms with Crippen LogP contribution in [0.25, 0.3) is 0 Å². The molecule has 0 heterocycles. The number of hydrogen-bond donors (Lipinski definition) is 0. The summed E-state index contributed by atoms with van der Waals surface area (Å²) in [5.74, 6) is 0.692. The fourth-order valence-corrected chi connectivity index (χ4v) is 13.0. The van der Waals surface area contributed by atoms with Crippen LogP contribution < -0.4 is 0 Å². The zero-order chi connectivity index (χ0) is 17.0. The Balaban J connectivity index is 2.58. The van der Waals surface area contributed by atoms with E-state index in [0.29, 0.717) is 11.3 Å². The monoisotopic (exact) mass is 376 g/mol. The van der Waals surface area contributed by atoms with Crippen molar-refractivity contribution in [3.8, 4) is 0 Å². The van der Waals surface area contributed by atoms with Gasteiger partial charge in [0.25, 0.3) is 0 Å². The zero-order valence-corrected chi connectivity index (χ0v) is 20.8. The van der Waals surface area contributed by atoms with Gasteiger partial charge < -0.3 is 12.3 Å². The Morgan fingerprint density at radius 2 is 1.82 bits per heavy atom. The van der Waals surface area contributed by atoms with Crippen LogP contribution >= 0.6 is 0 Å². The van der Waals surface area contributed by atoms with Crippen LogP contribution in [-0.2, 0) is 12.3 Å². The second kappa shape index (κ2) is 8.04. The van der Waals surface area contributed by atoms with Crippen molar-refractivity contribution in [2.24, 2.45) is 16.7 Å². The van der Waals surface area contributed by atoms with E-state index in [9.17, 15) is 0 Å². The molecule has 0 saturated heterocycles. The lowest BCUT2D eigenvalue weighted by Crippen LogP contribution is -2.42. The van der Waals surface area contributed by atoms with Crippen LogP contribution in [0.1, 0.15) is 34.1 Å². The molecule has 1 aliphatic carbocycles. The van der Waals surface area contributed by atoms with Crippen molar-refractivity contribution >= 4 is 37.4 Å². The average Bonchev–Trinajstić information content (AvgIpc) is 2.30. The van der Waals surface area contributed by atoms with Crippen LogP contribution in [0, 0.1) is 16.7 Å². The molecule has 130 valence electrons. The summed E-state index contributed by atoms with van der Waals surface area (Å²) in [6, 6.07) is 1.22. The van der Waals surface area contributed by atoms with E-state index < -0.39 is 37.4 Å². The molecule has 0 fully saturated rings. The Hall–Kier alpha value is 0.488. The lowest BCUT2D eigenvalue weighted by molar-refractivity contribution is 0.112. The van der Waals surface area contributed by atoms with E-state index in [2.05, 4.69) is 66.0 Å². The summed E-state index contributed by atoms with van der Waals surface area (Å²) in [6.45, 7) is 18.4. The van der Waals surface area contributed by atoms with Crippen molar-refractivity contribution in [2.45, 2.75) is 66.3 Å². The van der Waals surface area contributed by atoms with Crippen LogP contribution in [0.15, 0.2) is 12.2 Å². The standard InChI is InChI=1S/C15H36O3Si4/c1-14(2)10-9-11-15(3,4)13(14)12-20-17-21(16-19-5)18-22(6,7)8/h9-10,13,21H,11-12,19-20H2,1-8H3. The van der Waals surface area contributed by atoms with Gasteiger partial charge in [0.15, 0.2) is 18.1 Å². The Kier molecular flexibility index (Phi) is 7.51. The highest BCUT2D eigenvalue weighted by Gasteiger charge is 2.41. The molecule has 2 atom stereocenters. The Labute approximate surface area is 145 Å². The first-order valence-electron chi connectivity index (χ1n) is 8.57. The highest BCUT2D eigenvalue weighted by Crippen LogP contribution is 2.49. The minimum absolute atomic E-state index is 0.273. The highest BCUT2D eigenvalue weighted by molar-refractivity contribution is 6.76. The fourth-order valence-electron chi connectivity index (χ4n) is 3.52. The van der Waals surface area contributed by atoms with Gasteiger partial charge in [-0.25, -0.2) is 0 Å². The minimum atomic E-state index is -1.85. The predicted octanol–water partition coefficient (Wildman–Crippen LogP) is 2.85. The van der Waals surface area contributed by atoms with Crippen LogP contribution in [0.5, 0.6) is 0 Å². The molecule has 3 nitrogen and oxygen atoms in total. The van der Waals surface area contributed by atoms with Crippen LogP contribution in [0.4, 0.5) is 0 Å². The molecule has 0 radical (unpaired) electrons.